The average molecular weight is 412 g/mol. The van der Waals surface area contributed by atoms with E-state index in [4.69, 9.17) is 4.42 Å². The van der Waals surface area contributed by atoms with Crippen LogP contribution in [0.3, 0.4) is 0 Å². The lowest BCUT2D eigenvalue weighted by Gasteiger charge is -2.07. The Hall–Kier alpha value is -2.91. The Kier molecular flexibility index (Phi) is 5.54. The van der Waals surface area contributed by atoms with Crippen molar-refractivity contribution < 1.29 is 9.21 Å². The number of amides is 1. The van der Waals surface area contributed by atoms with Gasteiger partial charge in [-0.25, -0.2) is 9.67 Å². The number of fused-ring (bicyclic) bond motifs is 1. The van der Waals surface area contributed by atoms with E-state index < -0.39 is 0 Å². The summed E-state index contributed by atoms with van der Waals surface area (Å²) in [5, 5.41) is 9.57. The zero-order valence-corrected chi connectivity index (χ0v) is 16.3. The van der Waals surface area contributed by atoms with Gasteiger partial charge in [-0.15, -0.1) is 11.3 Å². The van der Waals surface area contributed by atoms with Crippen molar-refractivity contribution in [3.8, 4) is 10.6 Å². The van der Waals surface area contributed by atoms with Crippen molar-refractivity contribution in [3.05, 3.63) is 64.3 Å². The first-order valence-corrected chi connectivity index (χ1v) is 10.4. The maximum absolute atomic E-state index is 12.1. The lowest BCUT2D eigenvalue weighted by molar-refractivity contribution is -0.118. The first kappa shape index (κ1) is 18.5. The third-order valence-electron chi connectivity index (χ3n) is 3.89. The number of nitrogens with zero attached hydrogens (tertiary/aromatic N) is 3. The molecule has 0 aliphatic carbocycles. The molecule has 3 heterocycles. The summed E-state index contributed by atoms with van der Waals surface area (Å²) in [7, 11) is 0. The number of thiophene rings is 1. The Labute approximate surface area is 168 Å². The molecule has 0 saturated carbocycles. The normalized spacial score (nSPS) is 11.0. The summed E-state index contributed by atoms with van der Waals surface area (Å²) in [5.41, 5.74) is 2.01. The average Bonchev–Trinajstić information content (AvgIpc) is 3.37. The van der Waals surface area contributed by atoms with Crippen LogP contribution >= 0.6 is 23.1 Å². The van der Waals surface area contributed by atoms with Crippen LogP contribution in [0.15, 0.2) is 68.3 Å². The lowest BCUT2D eigenvalue weighted by Crippen LogP contribution is -2.32. The van der Waals surface area contributed by atoms with E-state index in [9.17, 15) is 9.59 Å². The summed E-state index contributed by atoms with van der Waals surface area (Å²) >= 11 is 2.79. The van der Waals surface area contributed by atoms with E-state index >= 15 is 0 Å². The molecule has 9 heteroatoms. The summed E-state index contributed by atoms with van der Waals surface area (Å²) in [6, 6.07) is 14.5. The van der Waals surface area contributed by atoms with Gasteiger partial charge in [0, 0.05) is 12.6 Å². The summed E-state index contributed by atoms with van der Waals surface area (Å²) in [6.45, 7) is 0.616. The molecule has 28 heavy (non-hydrogen) atoms. The Morgan fingerprint density at radius 1 is 1.18 bits per heavy atom. The Morgan fingerprint density at radius 2 is 2.07 bits per heavy atom. The van der Waals surface area contributed by atoms with Crippen LogP contribution in [-0.2, 0) is 11.3 Å². The molecule has 3 aromatic heterocycles. The number of aromatic nitrogens is 3. The van der Waals surface area contributed by atoms with Gasteiger partial charge < -0.3 is 9.73 Å². The minimum Gasteiger partial charge on any atom is -0.431 e. The first-order chi connectivity index (χ1) is 13.7. The second-order valence-electron chi connectivity index (χ2n) is 5.84. The van der Waals surface area contributed by atoms with Crippen molar-refractivity contribution in [2.75, 3.05) is 12.3 Å². The number of rotatable bonds is 7. The minimum atomic E-state index is -0.199. The highest BCUT2D eigenvalue weighted by molar-refractivity contribution is 7.99. The van der Waals surface area contributed by atoms with Crippen molar-refractivity contribution in [2.45, 2.75) is 11.8 Å². The van der Waals surface area contributed by atoms with E-state index in [0.717, 1.165) is 16.1 Å². The predicted octanol–water partition coefficient (Wildman–Crippen LogP) is 3.02. The second kappa shape index (κ2) is 8.41. The topological polar surface area (TPSA) is 90.0 Å². The van der Waals surface area contributed by atoms with Gasteiger partial charge in [-0.05, 0) is 29.6 Å². The molecule has 0 radical (unpaired) electrons. The van der Waals surface area contributed by atoms with Crippen LogP contribution in [0.1, 0.15) is 0 Å². The van der Waals surface area contributed by atoms with Gasteiger partial charge in [0.1, 0.15) is 11.2 Å². The molecule has 0 saturated heterocycles. The molecule has 4 aromatic rings. The van der Waals surface area contributed by atoms with Crippen LogP contribution in [0.4, 0.5) is 0 Å². The van der Waals surface area contributed by atoms with Crippen LogP contribution in [0.2, 0.25) is 0 Å². The number of benzene rings is 1. The third kappa shape index (κ3) is 4.32. The number of nitrogens with one attached hydrogen (secondary N) is 1. The van der Waals surface area contributed by atoms with Crippen LogP contribution in [0.5, 0.6) is 0 Å². The maximum atomic E-state index is 12.1. The molecular formula is C19H16N4O3S2. The van der Waals surface area contributed by atoms with E-state index in [1.807, 2.05) is 41.8 Å². The monoisotopic (exact) mass is 412 g/mol. The van der Waals surface area contributed by atoms with E-state index in [-0.39, 0.29) is 17.2 Å². The van der Waals surface area contributed by atoms with Gasteiger partial charge in [-0.1, -0.05) is 30.0 Å². The highest BCUT2D eigenvalue weighted by atomic mass is 32.2. The highest BCUT2D eigenvalue weighted by Gasteiger charge is 2.09. The fourth-order valence-electron chi connectivity index (χ4n) is 2.56. The molecule has 0 unspecified atom stereocenters. The quantitative estimate of drug-likeness (QED) is 0.469. The molecule has 1 aromatic carbocycles. The fourth-order valence-corrected chi connectivity index (χ4v) is 3.92. The molecule has 142 valence electrons. The number of hydrogen-bond acceptors (Lipinski definition) is 7. The van der Waals surface area contributed by atoms with Crippen LogP contribution in [-0.4, -0.2) is 33.0 Å². The Balaban J connectivity index is 1.29. The number of oxazole rings is 1. The molecule has 1 N–H and O–H groups in total. The fraction of sp³-hybridized carbons (Fsp3) is 0.158. The predicted molar refractivity (Wildman–Crippen MR) is 110 cm³/mol. The van der Waals surface area contributed by atoms with E-state index in [1.165, 1.54) is 22.5 Å². The van der Waals surface area contributed by atoms with Crippen molar-refractivity contribution in [1.29, 1.82) is 0 Å². The summed E-state index contributed by atoms with van der Waals surface area (Å²) < 4.78 is 6.94. The second-order valence-corrected chi connectivity index (χ2v) is 7.72. The van der Waals surface area contributed by atoms with Gasteiger partial charge in [0.05, 0.1) is 17.2 Å². The molecule has 4 rings (SSSR count). The summed E-state index contributed by atoms with van der Waals surface area (Å²) in [5.74, 6) is 0.0272. The van der Waals surface area contributed by atoms with Gasteiger partial charge in [-0.3, -0.25) is 9.59 Å². The third-order valence-corrected chi connectivity index (χ3v) is 5.61. The summed E-state index contributed by atoms with van der Waals surface area (Å²) in [6.07, 6.45) is 0. The minimum absolute atomic E-state index is 0.158. The number of carbonyl (C=O) groups is 1. The highest BCUT2D eigenvalue weighted by Crippen LogP contribution is 2.23. The van der Waals surface area contributed by atoms with Gasteiger partial charge >= 0.3 is 0 Å². The first-order valence-electron chi connectivity index (χ1n) is 8.56. The van der Waals surface area contributed by atoms with Crippen molar-refractivity contribution in [2.24, 2.45) is 0 Å². The van der Waals surface area contributed by atoms with Crippen molar-refractivity contribution in [1.82, 2.24) is 20.1 Å². The zero-order chi connectivity index (χ0) is 19.3. The van der Waals surface area contributed by atoms with Gasteiger partial charge in [0.2, 0.25) is 5.91 Å². The van der Waals surface area contributed by atoms with Gasteiger partial charge in [-0.2, -0.15) is 5.10 Å². The standard InChI is InChI=1S/C19H16N4O3S2/c24-17(12-28-19-21-13-4-1-2-5-15(13)26-19)20-9-10-23-18(25)8-7-14(22-23)16-6-3-11-27-16/h1-8,11H,9-10,12H2,(H,20,24). The van der Waals surface area contributed by atoms with Gasteiger partial charge in [0.25, 0.3) is 10.8 Å². The molecule has 0 fully saturated rings. The molecule has 7 nitrogen and oxygen atoms in total. The van der Waals surface area contributed by atoms with E-state index in [2.05, 4.69) is 15.4 Å². The molecule has 0 aliphatic heterocycles. The Bertz CT molecular complexity index is 1120. The summed E-state index contributed by atoms with van der Waals surface area (Å²) in [4.78, 5) is 29.3. The lowest BCUT2D eigenvalue weighted by atomic mass is 10.3. The van der Waals surface area contributed by atoms with Crippen LogP contribution in [0.25, 0.3) is 21.7 Å². The molecule has 0 atom stereocenters. The number of thioether (sulfide) groups is 1. The number of para-hydroxylation sites is 2. The van der Waals surface area contributed by atoms with Crippen LogP contribution < -0.4 is 10.9 Å². The molecule has 0 spiro atoms. The molecule has 0 aliphatic rings. The SMILES string of the molecule is O=C(CSc1nc2ccccc2o1)NCCn1nc(-c2cccs2)ccc1=O. The molecular weight excluding hydrogens is 396 g/mol. The van der Waals surface area contributed by atoms with Crippen molar-refractivity contribution in [3.63, 3.8) is 0 Å². The smallest absolute Gasteiger partial charge is 0.266 e. The number of hydrogen-bond donors (Lipinski definition) is 1. The molecule has 1 amide bonds. The largest absolute Gasteiger partial charge is 0.431 e. The Morgan fingerprint density at radius 3 is 2.89 bits per heavy atom. The van der Waals surface area contributed by atoms with Crippen molar-refractivity contribution >= 4 is 40.1 Å². The maximum Gasteiger partial charge on any atom is 0.266 e. The number of carbonyl (C=O) groups excluding carboxylic acids is 1. The van der Waals surface area contributed by atoms with Gasteiger partial charge in [0.15, 0.2) is 5.58 Å². The zero-order valence-electron chi connectivity index (χ0n) is 14.7. The van der Waals surface area contributed by atoms with E-state index in [1.54, 1.807) is 17.4 Å². The van der Waals surface area contributed by atoms with E-state index in [0.29, 0.717) is 23.9 Å². The molecule has 0 bridgehead atoms. The van der Waals surface area contributed by atoms with Crippen LogP contribution in [0, 0.1) is 0 Å².